The zero-order valence-corrected chi connectivity index (χ0v) is 11.6. The summed E-state index contributed by atoms with van der Waals surface area (Å²) in [5.41, 5.74) is 12.2. The lowest BCUT2D eigenvalue weighted by atomic mass is 9.71. The molecule has 2 aliphatic carbocycles. The van der Waals surface area contributed by atoms with Crippen LogP contribution in [0.5, 0.6) is 0 Å². The topological polar surface area (TPSA) is 52.0 Å². The lowest BCUT2D eigenvalue weighted by Crippen LogP contribution is -2.37. The van der Waals surface area contributed by atoms with Gasteiger partial charge >= 0.3 is 0 Å². The highest BCUT2D eigenvalue weighted by atomic mass is 14.7. The Kier molecular flexibility index (Phi) is 4.48. The molecule has 2 heteroatoms. The van der Waals surface area contributed by atoms with Crippen LogP contribution in [0.3, 0.4) is 0 Å². The molecule has 0 saturated heterocycles. The molecule has 2 aliphatic rings. The highest BCUT2D eigenvalue weighted by Gasteiger charge is 2.30. The maximum absolute atomic E-state index is 6.10. The van der Waals surface area contributed by atoms with Crippen molar-refractivity contribution in [2.75, 3.05) is 0 Å². The minimum Gasteiger partial charge on any atom is -0.327 e. The fraction of sp³-hybridized carbons (Fsp3) is 1.00. The normalized spacial score (nSPS) is 48.0. The summed E-state index contributed by atoms with van der Waals surface area (Å²) in [6, 6.07) is 0.926. The van der Waals surface area contributed by atoms with Gasteiger partial charge < -0.3 is 11.5 Å². The SMILES string of the molecule is C[C@@H]1C[C@@H](C[C@@H]2CC[C@@H](N)[C@@H](C)C2)CC[C@@H]1N. The van der Waals surface area contributed by atoms with Gasteiger partial charge in [-0.25, -0.2) is 0 Å². The summed E-state index contributed by atoms with van der Waals surface area (Å²) in [4.78, 5) is 0. The van der Waals surface area contributed by atoms with E-state index in [4.69, 9.17) is 11.5 Å². The first-order valence-electron chi connectivity index (χ1n) is 7.57. The predicted molar refractivity (Wildman–Crippen MR) is 73.6 cm³/mol. The van der Waals surface area contributed by atoms with E-state index in [0.29, 0.717) is 12.1 Å². The lowest BCUT2D eigenvalue weighted by molar-refractivity contribution is 0.169. The number of hydrogen-bond acceptors (Lipinski definition) is 2. The summed E-state index contributed by atoms with van der Waals surface area (Å²) in [6.45, 7) is 4.66. The lowest BCUT2D eigenvalue weighted by Gasteiger charge is -2.37. The summed E-state index contributed by atoms with van der Waals surface area (Å²) in [7, 11) is 0. The maximum Gasteiger partial charge on any atom is 0.00647 e. The minimum atomic E-state index is 0.463. The van der Waals surface area contributed by atoms with E-state index in [1.54, 1.807) is 0 Å². The van der Waals surface area contributed by atoms with Crippen LogP contribution in [0.1, 0.15) is 58.8 Å². The van der Waals surface area contributed by atoms with Crippen LogP contribution in [0.4, 0.5) is 0 Å². The van der Waals surface area contributed by atoms with Gasteiger partial charge in [0, 0.05) is 12.1 Å². The first-order valence-corrected chi connectivity index (χ1v) is 7.57. The van der Waals surface area contributed by atoms with Gasteiger partial charge in [0.05, 0.1) is 0 Å². The summed E-state index contributed by atoms with van der Waals surface area (Å²) in [5.74, 6) is 3.35. The predicted octanol–water partition coefficient (Wildman–Crippen LogP) is 2.90. The Balaban J connectivity index is 1.78. The van der Waals surface area contributed by atoms with Gasteiger partial charge in [-0.05, 0) is 68.6 Å². The molecular formula is C15H30N2. The first-order chi connectivity index (χ1) is 8.06. The molecule has 0 aromatic carbocycles. The van der Waals surface area contributed by atoms with Crippen LogP contribution < -0.4 is 11.5 Å². The van der Waals surface area contributed by atoms with Crippen LogP contribution >= 0.6 is 0 Å². The van der Waals surface area contributed by atoms with Gasteiger partial charge in [-0.3, -0.25) is 0 Å². The molecule has 4 N–H and O–H groups in total. The summed E-state index contributed by atoms with van der Waals surface area (Å²) < 4.78 is 0. The van der Waals surface area contributed by atoms with Gasteiger partial charge in [0.1, 0.15) is 0 Å². The molecule has 0 aromatic heterocycles. The van der Waals surface area contributed by atoms with Crippen molar-refractivity contribution in [3.8, 4) is 0 Å². The molecule has 0 bridgehead atoms. The van der Waals surface area contributed by atoms with Gasteiger partial charge in [0.2, 0.25) is 0 Å². The van der Waals surface area contributed by atoms with E-state index in [2.05, 4.69) is 13.8 Å². The molecule has 100 valence electrons. The monoisotopic (exact) mass is 238 g/mol. The van der Waals surface area contributed by atoms with Gasteiger partial charge in [0.15, 0.2) is 0 Å². The number of rotatable bonds is 2. The molecule has 0 aliphatic heterocycles. The van der Waals surface area contributed by atoms with Gasteiger partial charge in [0.25, 0.3) is 0 Å². The second-order valence-corrected chi connectivity index (χ2v) is 6.88. The quantitative estimate of drug-likeness (QED) is 0.777. The van der Waals surface area contributed by atoms with E-state index in [-0.39, 0.29) is 0 Å². The van der Waals surface area contributed by atoms with Gasteiger partial charge in [-0.15, -0.1) is 0 Å². The second-order valence-electron chi connectivity index (χ2n) is 6.88. The highest BCUT2D eigenvalue weighted by molar-refractivity contribution is 4.85. The Labute approximate surface area is 107 Å². The molecule has 0 aromatic rings. The Morgan fingerprint density at radius 2 is 1.18 bits per heavy atom. The third-order valence-corrected chi connectivity index (χ3v) is 5.36. The molecule has 0 heterocycles. The maximum atomic E-state index is 6.10. The van der Waals surface area contributed by atoms with E-state index < -0.39 is 0 Å². The average molecular weight is 238 g/mol. The average Bonchev–Trinajstić information content (AvgIpc) is 2.29. The van der Waals surface area contributed by atoms with Crippen molar-refractivity contribution in [3.63, 3.8) is 0 Å². The van der Waals surface area contributed by atoms with Crippen molar-refractivity contribution < 1.29 is 0 Å². The number of hydrogen-bond donors (Lipinski definition) is 2. The molecule has 2 saturated carbocycles. The van der Waals surface area contributed by atoms with Crippen molar-refractivity contribution in [1.29, 1.82) is 0 Å². The summed E-state index contributed by atoms with van der Waals surface area (Å²) in [5, 5.41) is 0. The van der Waals surface area contributed by atoms with E-state index >= 15 is 0 Å². The molecule has 2 fully saturated rings. The van der Waals surface area contributed by atoms with Crippen molar-refractivity contribution in [2.24, 2.45) is 35.1 Å². The van der Waals surface area contributed by atoms with Crippen molar-refractivity contribution >= 4 is 0 Å². The first kappa shape index (κ1) is 13.4. The third-order valence-electron chi connectivity index (χ3n) is 5.36. The Morgan fingerprint density at radius 1 is 0.765 bits per heavy atom. The third kappa shape index (κ3) is 3.45. The highest BCUT2D eigenvalue weighted by Crippen LogP contribution is 2.38. The Hall–Kier alpha value is -0.0800. The van der Waals surface area contributed by atoms with Gasteiger partial charge in [-0.2, -0.15) is 0 Å². The van der Waals surface area contributed by atoms with E-state index in [1.807, 2.05) is 0 Å². The van der Waals surface area contributed by atoms with E-state index in [9.17, 15) is 0 Å². The molecule has 6 atom stereocenters. The molecule has 0 spiro atoms. The molecule has 0 radical (unpaired) electrons. The number of nitrogens with two attached hydrogens (primary N) is 2. The van der Waals surface area contributed by atoms with Crippen LogP contribution in [0, 0.1) is 23.7 Å². The summed E-state index contributed by atoms with van der Waals surface area (Å²) in [6.07, 6.45) is 9.37. The van der Waals surface area contributed by atoms with E-state index in [0.717, 1.165) is 23.7 Å². The molecule has 17 heavy (non-hydrogen) atoms. The van der Waals surface area contributed by atoms with Crippen LogP contribution in [-0.2, 0) is 0 Å². The van der Waals surface area contributed by atoms with Crippen LogP contribution in [0.15, 0.2) is 0 Å². The van der Waals surface area contributed by atoms with Crippen molar-refractivity contribution in [1.82, 2.24) is 0 Å². The zero-order chi connectivity index (χ0) is 12.4. The fourth-order valence-electron chi connectivity index (χ4n) is 3.96. The van der Waals surface area contributed by atoms with Crippen molar-refractivity contribution in [3.05, 3.63) is 0 Å². The van der Waals surface area contributed by atoms with E-state index in [1.165, 1.54) is 44.9 Å². The largest absolute Gasteiger partial charge is 0.327 e. The summed E-state index contributed by atoms with van der Waals surface area (Å²) >= 11 is 0. The second kappa shape index (κ2) is 5.71. The molecule has 2 nitrogen and oxygen atoms in total. The minimum absolute atomic E-state index is 0.463. The Bertz CT molecular complexity index is 217. The zero-order valence-electron chi connectivity index (χ0n) is 11.6. The Morgan fingerprint density at radius 3 is 1.53 bits per heavy atom. The smallest absolute Gasteiger partial charge is 0.00647 e. The van der Waals surface area contributed by atoms with Gasteiger partial charge in [-0.1, -0.05) is 13.8 Å². The molecule has 0 unspecified atom stereocenters. The van der Waals surface area contributed by atoms with Crippen LogP contribution in [0.2, 0.25) is 0 Å². The standard InChI is InChI=1S/C15H30N2/c1-10-7-12(3-5-14(10)16)9-13-4-6-15(17)11(2)8-13/h10-15H,3-9,16-17H2,1-2H3/t10-,11+,12+,13-,14+,15-. The molecular weight excluding hydrogens is 208 g/mol. The molecule has 2 rings (SSSR count). The molecule has 0 amide bonds. The van der Waals surface area contributed by atoms with Crippen LogP contribution in [-0.4, -0.2) is 12.1 Å². The van der Waals surface area contributed by atoms with Crippen LogP contribution in [0.25, 0.3) is 0 Å². The fourth-order valence-corrected chi connectivity index (χ4v) is 3.96. The van der Waals surface area contributed by atoms with Crippen molar-refractivity contribution in [2.45, 2.75) is 70.9 Å².